The van der Waals surface area contributed by atoms with Crippen molar-refractivity contribution in [2.75, 3.05) is 39.6 Å². The lowest BCUT2D eigenvalue weighted by atomic mass is 9.99. The molecule has 546 valence electrons. The highest BCUT2D eigenvalue weighted by Gasteiger charge is 2.30. The van der Waals surface area contributed by atoms with Crippen molar-refractivity contribution in [3.63, 3.8) is 0 Å². The van der Waals surface area contributed by atoms with Crippen molar-refractivity contribution >= 4 is 39.5 Å². The number of hydrogen-bond acceptors (Lipinski definition) is 15. The molecule has 3 N–H and O–H groups in total. The molecule has 6 atom stereocenters. The normalized spacial score (nSPS) is 14.4. The molecule has 17 nitrogen and oxygen atoms in total. The number of unbranched alkanes of at least 4 members (excludes halogenated alkanes) is 38. The molecule has 3 unspecified atom stereocenters. The second-order valence-electron chi connectivity index (χ2n) is 27.5. The summed E-state index contributed by atoms with van der Waals surface area (Å²) >= 11 is 0. The fourth-order valence-corrected chi connectivity index (χ4v) is 12.6. The molecule has 0 amide bonds. The largest absolute Gasteiger partial charge is 0.472 e. The van der Waals surface area contributed by atoms with Crippen LogP contribution in [-0.2, 0) is 65.4 Å². The smallest absolute Gasteiger partial charge is 0.462 e. The molecule has 0 aromatic carbocycles. The summed E-state index contributed by atoms with van der Waals surface area (Å²) in [5, 5.41) is 10.6. The summed E-state index contributed by atoms with van der Waals surface area (Å²) < 4.78 is 68.4. The van der Waals surface area contributed by atoms with Crippen LogP contribution in [0, 0.1) is 17.8 Å². The van der Waals surface area contributed by atoms with Gasteiger partial charge in [-0.1, -0.05) is 318 Å². The maximum absolute atomic E-state index is 13.1. The third kappa shape index (κ3) is 65.4. The Hall–Kier alpha value is -1.94. The van der Waals surface area contributed by atoms with Crippen LogP contribution in [0.25, 0.3) is 0 Å². The molecule has 92 heavy (non-hydrogen) atoms. The topological polar surface area (TPSA) is 237 Å². The first-order valence-corrected chi connectivity index (χ1v) is 40.9. The van der Waals surface area contributed by atoms with Gasteiger partial charge in [0.05, 0.1) is 26.4 Å². The van der Waals surface area contributed by atoms with E-state index in [4.69, 9.17) is 37.0 Å². The van der Waals surface area contributed by atoms with Gasteiger partial charge in [0.1, 0.15) is 19.3 Å². The molecule has 0 aromatic heterocycles. The molecule has 0 aromatic rings. The van der Waals surface area contributed by atoms with Gasteiger partial charge in [-0.25, -0.2) is 9.13 Å². The van der Waals surface area contributed by atoms with E-state index in [1.54, 1.807) is 0 Å². The van der Waals surface area contributed by atoms with Crippen molar-refractivity contribution in [2.24, 2.45) is 17.8 Å². The molecule has 0 aliphatic carbocycles. The minimum atomic E-state index is -4.95. The Kier molecular flexibility index (Phi) is 62.4. The van der Waals surface area contributed by atoms with Gasteiger partial charge in [0.2, 0.25) is 0 Å². The van der Waals surface area contributed by atoms with E-state index in [0.717, 1.165) is 114 Å². The Morgan fingerprint density at radius 3 is 0.826 bits per heavy atom. The Labute approximate surface area is 562 Å². The van der Waals surface area contributed by atoms with E-state index in [1.165, 1.54) is 173 Å². The van der Waals surface area contributed by atoms with Gasteiger partial charge in [0.25, 0.3) is 0 Å². The predicted molar refractivity (Wildman–Crippen MR) is 372 cm³/mol. The first-order chi connectivity index (χ1) is 44.3. The molecule has 0 radical (unpaired) electrons. The molecule has 0 saturated heterocycles. The second kappa shape index (κ2) is 63.8. The van der Waals surface area contributed by atoms with E-state index in [-0.39, 0.29) is 25.7 Å². The van der Waals surface area contributed by atoms with Crippen molar-refractivity contribution in [3.05, 3.63) is 0 Å². The molecule has 0 saturated carbocycles. The number of phosphoric acid groups is 2. The first kappa shape index (κ1) is 90.1. The molecule has 19 heteroatoms. The highest BCUT2D eigenvalue weighted by atomic mass is 31.2. The molecule has 0 fully saturated rings. The van der Waals surface area contributed by atoms with Gasteiger partial charge >= 0.3 is 39.5 Å². The number of hydrogen-bond donors (Lipinski definition) is 3. The van der Waals surface area contributed by atoms with Crippen LogP contribution in [0.15, 0.2) is 0 Å². The summed E-state index contributed by atoms with van der Waals surface area (Å²) in [6, 6.07) is 0. The summed E-state index contributed by atoms with van der Waals surface area (Å²) in [6.07, 6.45) is 48.5. The zero-order valence-electron chi connectivity index (χ0n) is 60.0. The molecule has 0 aliphatic heterocycles. The van der Waals surface area contributed by atoms with E-state index >= 15 is 0 Å². The fraction of sp³-hybridized carbons (Fsp3) is 0.945. The lowest BCUT2D eigenvalue weighted by molar-refractivity contribution is -0.161. The number of esters is 4. The maximum atomic E-state index is 13.1. The summed E-state index contributed by atoms with van der Waals surface area (Å²) in [7, 11) is -9.90. The van der Waals surface area contributed by atoms with Crippen LogP contribution in [0.5, 0.6) is 0 Å². The standard InChI is InChI=1S/C73H142O17P2/c1-8-10-11-12-13-33-40-47-54-70(75)83-60-68(90-73(78)57-50-43-36-29-28-32-39-46-53-66(7)9-2)62-87-91(79,80)85-58-67(74)59-86-92(81,82)88-63-69(61-84-71(76)55-48-41-34-26-22-19-18-21-25-31-38-45-52-65(5)6)89-72(77)56-49-42-35-27-23-17-15-14-16-20-24-30-37-44-51-64(3)4/h64-69,74H,8-63H2,1-7H3,(H,79,80)(H,81,82)/t66?,67-,68+,69+/m0/s1. The number of aliphatic hydroxyl groups excluding tert-OH is 1. The van der Waals surface area contributed by atoms with Gasteiger partial charge in [-0.3, -0.25) is 37.3 Å². The fourth-order valence-electron chi connectivity index (χ4n) is 11.0. The second-order valence-corrected chi connectivity index (χ2v) is 30.4. The molecule has 0 rings (SSSR count). The summed E-state index contributed by atoms with van der Waals surface area (Å²) in [4.78, 5) is 72.6. The minimum absolute atomic E-state index is 0.105. The molecule has 0 heterocycles. The van der Waals surface area contributed by atoms with Gasteiger partial charge in [0.15, 0.2) is 12.2 Å². The van der Waals surface area contributed by atoms with Gasteiger partial charge in [-0.15, -0.1) is 0 Å². The molecule has 0 bridgehead atoms. The molecular formula is C73H142O17P2. The van der Waals surface area contributed by atoms with Crippen molar-refractivity contribution in [3.8, 4) is 0 Å². The predicted octanol–water partition coefficient (Wildman–Crippen LogP) is 21.0. The quantitative estimate of drug-likeness (QED) is 0.0222. The summed E-state index contributed by atoms with van der Waals surface area (Å²) in [5.41, 5.74) is 0. The van der Waals surface area contributed by atoms with Crippen molar-refractivity contribution in [1.82, 2.24) is 0 Å². The van der Waals surface area contributed by atoms with E-state index in [1.807, 2.05) is 0 Å². The van der Waals surface area contributed by atoms with Crippen molar-refractivity contribution in [2.45, 2.75) is 388 Å². The Morgan fingerprint density at radius 2 is 0.554 bits per heavy atom. The third-order valence-electron chi connectivity index (χ3n) is 17.2. The van der Waals surface area contributed by atoms with Crippen molar-refractivity contribution in [1.29, 1.82) is 0 Å². The van der Waals surface area contributed by atoms with Gasteiger partial charge in [-0.05, 0) is 43.4 Å². The first-order valence-electron chi connectivity index (χ1n) is 37.9. The molecule has 0 aliphatic rings. The van der Waals surface area contributed by atoms with Crippen molar-refractivity contribution < 1.29 is 80.2 Å². The zero-order valence-corrected chi connectivity index (χ0v) is 61.8. The monoisotopic (exact) mass is 1350 g/mol. The number of phosphoric ester groups is 2. The van der Waals surface area contributed by atoms with Crippen LogP contribution < -0.4 is 0 Å². The van der Waals surface area contributed by atoms with E-state index in [0.29, 0.717) is 25.7 Å². The molecule has 0 spiro atoms. The Balaban J connectivity index is 5.23. The van der Waals surface area contributed by atoms with E-state index in [2.05, 4.69) is 48.5 Å². The number of ether oxygens (including phenoxy) is 4. The van der Waals surface area contributed by atoms with Gasteiger partial charge in [0, 0.05) is 25.7 Å². The van der Waals surface area contributed by atoms with Crippen LogP contribution in [0.1, 0.15) is 370 Å². The van der Waals surface area contributed by atoms with Gasteiger partial charge < -0.3 is 33.8 Å². The summed E-state index contributed by atoms with van der Waals surface area (Å²) in [5.74, 6) is 0.222. The van der Waals surface area contributed by atoms with E-state index < -0.39 is 97.5 Å². The number of carbonyl (C=O) groups excluding carboxylic acids is 4. The lowest BCUT2D eigenvalue weighted by Crippen LogP contribution is -2.30. The average Bonchev–Trinajstić information content (AvgIpc) is 3.54. The highest BCUT2D eigenvalue weighted by molar-refractivity contribution is 7.47. The van der Waals surface area contributed by atoms with Crippen LogP contribution in [0.3, 0.4) is 0 Å². The SMILES string of the molecule is CCCCCCCCCCC(=O)OC[C@H](COP(=O)(O)OC[C@H](O)COP(=O)(O)OC[C@@H](COC(=O)CCCCCCCCCCCCCCC(C)C)OC(=O)CCCCCCCCCCCCCCCCC(C)C)OC(=O)CCCCCCCCCCC(C)CC. The Bertz CT molecular complexity index is 1800. The summed E-state index contributed by atoms with van der Waals surface area (Å²) in [6.45, 7) is 11.9. The number of rotatable bonds is 71. The lowest BCUT2D eigenvalue weighted by Gasteiger charge is -2.21. The van der Waals surface area contributed by atoms with Crippen LogP contribution >= 0.6 is 15.6 Å². The van der Waals surface area contributed by atoms with Crippen LogP contribution in [0.4, 0.5) is 0 Å². The van der Waals surface area contributed by atoms with Crippen LogP contribution in [-0.4, -0.2) is 96.7 Å². The van der Waals surface area contributed by atoms with Crippen LogP contribution in [0.2, 0.25) is 0 Å². The number of aliphatic hydroxyl groups is 1. The maximum Gasteiger partial charge on any atom is 0.472 e. The number of carbonyl (C=O) groups is 4. The van der Waals surface area contributed by atoms with E-state index in [9.17, 15) is 43.2 Å². The molecular weight excluding hydrogens is 1210 g/mol. The highest BCUT2D eigenvalue weighted by Crippen LogP contribution is 2.45. The minimum Gasteiger partial charge on any atom is -0.462 e. The van der Waals surface area contributed by atoms with Gasteiger partial charge in [-0.2, -0.15) is 0 Å². The average molecular weight is 1350 g/mol. The zero-order chi connectivity index (χ0) is 68.0. The Morgan fingerprint density at radius 1 is 0.315 bits per heavy atom. The third-order valence-corrected chi connectivity index (χ3v) is 19.1.